The highest BCUT2D eigenvalue weighted by Gasteiger charge is 2.13. The minimum absolute atomic E-state index is 0.152. The molecule has 0 atom stereocenters. The number of aryl methyl sites for hydroxylation is 1. The van der Waals surface area contributed by atoms with Crippen LogP contribution < -0.4 is 5.32 Å². The van der Waals surface area contributed by atoms with Crippen molar-refractivity contribution in [1.82, 2.24) is 20.1 Å². The average molecular weight is 308 g/mol. The van der Waals surface area contributed by atoms with Crippen LogP contribution in [0.15, 0.2) is 17.8 Å². The van der Waals surface area contributed by atoms with Gasteiger partial charge in [-0.15, -0.1) is 11.3 Å². The van der Waals surface area contributed by atoms with Gasteiger partial charge in [-0.05, 0) is 6.92 Å². The molecule has 0 aliphatic heterocycles. The molecule has 0 aliphatic rings. The smallest absolute Gasteiger partial charge is 0.307 e. The van der Waals surface area contributed by atoms with Crippen molar-refractivity contribution in [3.05, 3.63) is 23.5 Å². The van der Waals surface area contributed by atoms with Crippen molar-refractivity contribution < 1.29 is 14.3 Å². The fraction of sp³-hybridized carbons (Fsp3) is 0.385. The Morgan fingerprint density at radius 2 is 2.29 bits per heavy atom. The van der Waals surface area contributed by atoms with Crippen LogP contribution in [0.4, 0.5) is 0 Å². The summed E-state index contributed by atoms with van der Waals surface area (Å²) in [6.45, 7) is 2.32. The van der Waals surface area contributed by atoms with Gasteiger partial charge in [-0.2, -0.15) is 5.10 Å². The van der Waals surface area contributed by atoms with Gasteiger partial charge in [0, 0.05) is 30.7 Å². The third kappa shape index (κ3) is 4.12. The molecule has 0 saturated carbocycles. The predicted octanol–water partition coefficient (Wildman–Crippen LogP) is 1.23. The van der Waals surface area contributed by atoms with Crippen molar-refractivity contribution in [2.45, 2.75) is 13.3 Å². The highest BCUT2D eigenvalue weighted by Crippen LogP contribution is 2.22. The van der Waals surface area contributed by atoms with Crippen LogP contribution >= 0.6 is 11.3 Å². The first-order valence-electron chi connectivity index (χ1n) is 6.48. The fourth-order valence-corrected chi connectivity index (χ4v) is 2.42. The van der Waals surface area contributed by atoms with Crippen LogP contribution in [0.5, 0.6) is 0 Å². The molecular formula is C13H16N4O3S. The molecular weight excluding hydrogens is 292 g/mol. The minimum atomic E-state index is -0.327. The van der Waals surface area contributed by atoms with Crippen LogP contribution in [0.3, 0.4) is 0 Å². The van der Waals surface area contributed by atoms with E-state index in [0.717, 1.165) is 10.6 Å². The highest BCUT2D eigenvalue weighted by molar-refractivity contribution is 7.13. The lowest BCUT2D eigenvalue weighted by atomic mass is 10.3. The number of nitrogens with one attached hydrogen (secondary N) is 1. The highest BCUT2D eigenvalue weighted by atomic mass is 32.1. The Kier molecular flexibility index (Phi) is 5.04. The summed E-state index contributed by atoms with van der Waals surface area (Å²) in [6, 6.07) is 0. The second-order valence-corrected chi connectivity index (χ2v) is 5.11. The topological polar surface area (TPSA) is 86.1 Å². The van der Waals surface area contributed by atoms with Gasteiger partial charge in [-0.1, -0.05) is 0 Å². The Bertz CT molecular complexity index is 635. The van der Waals surface area contributed by atoms with E-state index in [4.69, 9.17) is 4.74 Å². The maximum absolute atomic E-state index is 11.9. The van der Waals surface area contributed by atoms with E-state index in [9.17, 15) is 9.59 Å². The molecule has 7 nitrogen and oxygen atoms in total. The van der Waals surface area contributed by atoms with Crippen LogP contribution in [0, 0.1) is 0 Å². The van der Waals surface area contributed by atoms with E-state index in [1.165, 1.54) is 11.3 Å². The molecule has 0 spiro atoms. The Morgan fingerprint density at radius 3 is 2.95 bits per heavy atom. The van der Waals surface area contributed by atoms with Crippen LogP contribution in [-0.2, 0) is 16.6 Å². The number of amides is 1. The van der Waals surface area contributed by atoms with Gasteiger partial charge in [0.05, 0.1) is 19.2 Å². The summed E-state index contributed by atoms with van der Waals surface area (Å²) in [4.78, 5) is 27.3. The Balaban J connectivity index is 1.89. The van der Waals surface area contributed by atoms with Crippen molar-refractivity contribution in [3.63, 3.8) is 0 Å². The maximum Gasteiger partial charge on any atom is 0.307 e. The van der Waals surface area contributed by atoms with E-state index in [1.807, 2.05) is 13.2 Å². The molecule has 0 unspecified atom stereocenters. The summed E-state index contributed by atoms with van der Waals surface area (Å²) < 4.78 is 6.46. The van der Waals surface area contributed by atoms with Gasteiger partial charge in [-0.25, -0.2) is 4.98 Å². The van der Waals surface area contributed by atoms with Crippen molar-refractivity contribution in [2.24, 2.45) is 7.05 Å². The fourth-order valence-electron chi connectivity index (χ4n) is 1.64. The standard InChI is InChI=1S/C13H16N4O3S/c1-3-20-11(18)4-5-14-12(19)10-8-21-13(16-10)9-6-15-17(2)7-9/h6-8H,3-5H2,1-2H3,(H,14,19). The van der Waals surface area contributed by atoms with E-state index in [1.54, 1.807) is 23.2 Å². The van der Waals surface area contributed by atoms with Gasteiger partial charge < -0.3 is 10.1 Å². The first-order valence-corrected chi connectivity index (χ1v) is 7.36. The van der Waals surface area contributed by atoms with Crippen LogP contribution in [0.1, 0.15) is 23.8 Å². The van der Waals surface area contributed by atoms with E-state index in [2.05, 4.69) is 15.4 Å². The van der Waals surface area contributed by atoms with E-state index in [-0.39, 0.29) is 24.8 Å². The molecule has 8 heteroatoms. The summed E-state index contributed by atoms with van der Waals surface area (Å²) >= 11 is 1.38. The molecule has 1 amide bonds. The number of nitrogens with zero attached hydrogens (tertiary/aromatic N) is 3. The summed E-state index contributed by atoms with van der Waals surface area (Å²) in [5.41, 5.74) is 1.20. The van der Waals surface area contributed by atoms with Gasteiger partial charge in [-0.3, -0.25) is 14.3 Å². The SMILES string of the molecule is CCOC(=O)CCNC(=O)c1csc(-c2cnn(C)c2)n1. The van der Waals surface area contributed by atoms with Crippen molar-refractivity contribution in [2.75, 3.05) is 13.2 Å². The second-order valence-electron chi connectivity index (χ2n) is 4.25. The van der Waals surface area contributed by atoms with Crippen LogP contribution in [0.25, 0.3) is 10.6 Å². The number of hydrogen-bond acceptors (Lipinski definition) is 6. The molecule has 112 valence electrons. The van der Waals surface area contributed by atoms with E-state index >= 15 is 0 Å². The lowest BCUT2D eigenvalue weighted by Gasteiger charge is -2.03. The largest absolute Gasteiger partial charge is 0.466 e. The first kappa shape index (κ1) is 15.2. The van der Waals surface area contributed by atoms with Crippen molar-refractivity contribution in [1.29, 1.82) is 0 Å². The molecule has 0 saturated heterocycles. The molecule has 2 aromatic rings. The van der Waals surface area contributed by atoms with E-state index < -0.39 is 0 Å². The summed E-state index contributed by atoms with van der Waals surface area (Å²) in [5.74, 6) is -0.627. The predicted molar refractivity (Wildman–Crippen MR) is 77.9 cm³/mol. The van der Waals surface area contributed by atoms with Crippen LogP contribution in [0.2, 0.25) is 0 Å². The molecule has 21 heavy (non-hydrogen) atoms. The molecule has 2 aromatic heterocycles. The number of carbonyl (C=O) groups is 2. The minimum Gasteiger partial charge on any atom is -0.466 e. The van der Waals surface area contributed by atoms with Gasteiger partial charge in [0.2, 0.25) is 0 Å². The molecule has 0 bridgehead atoms. The number of aromatic nitrogens is 3. The Morgan fingerprint density at radius 1 is 1.48 bits per heavy atom. The number of esters is 1. The maximum atomic E-state index is 11.9. The van der Waals surface area contributed by atoms with Gasteiger partial charge in [0.15, 0.2) is 0 Å². The molecule has 0 aromatic carbocycles. The zero-order chi connectivity index (χ0) is 15.2. The molecule has 0 aliphatic carbocycles. The molecule has 2 rings (SSSR count). The first-order chi connectivity index (χ1) is 10.1. The average Bonchev–Trinajstić information content (AvgIpc) is 3.07. The Labute approximate surface area is 125 Å². The second kappa shape index (κ2) is 6.98. The zero-order valence-electron chi connectivity index (χ0n) is 11.8. The zero-order valence-corrected chi connectivity index (χ0v) is 12.6. The third-order valence-corrected chi connectivity index (χ3v) is 3.50. The lowest BCUT2D eigenvalue weighted by Crippen LogP contribution is -2.26. The number of thiazole rings is 1. The van der Waals surface area contributed by atoms with Gasteiger partial charge in [0.25, 0.3) is 5.91 Å². The van der Waals surface area contributed by atoms with Crippen molar-refractivity contribution >= 4 is 23.2 Å². The van der Waals surface area contributed by atoms with Gasteiger partial charge >= 0.3 is 5.97 Å². The molecule has 0 fully saturated rings. The van der Waals surface area contributed by atoms with Crippen molar-refractivity contribution in [3.8, 4) is 10.6 Å². The molecule has 0 radical (unpaired) electrons. The third-order valence-electron chi connectivity index (χ3n) is 2.61. The van der Waals surface area contributed by atoms with E-state index in [0.29, 0.717) is 12.3 Å². The summed E-state index contributed by atoms with van der Waals surface area (Å²) in [7, 11) is 1.82. The normalized spacial score (nSPS) is 10.4. The summed E-state index contributed by atoms with van der Waals surface area (Å²) in [6.07, 6.45) is 3.68. The quantitative estimate of drug-likeness (QED) is 0.811. The Hall–Kier alpha value is -2.22. The monoisotopic (exact) mass is 308 g/mol. The van der Waals surface area contributed by atoms with Gasteiger partial charge in [0.1, 0.15) is 10.7 Å². The number of ether oxygens (including phenoxy) is 1. The number of carbonyl (C=O) groups excluding carboxylic acids is 2. The number of rotatable bonds is 6. The number of hydrogen-bond donors (Lipinski definition) is 1. The lowest BCUT2D eigenvalue weighted by molar-refractivity contribution is -0.142. The summed E-state index contributed by atoms with van der Waals surface area (Å²) in [5, 5.41) is 9.12. The molecule has 2 heterocycles. The van der Waals surface area contributed by atoms with Crippen LogP contribution in [-0.4, -0.2) is 39.8 Å². The molecule has 1 N–H and O–H groups in total.